The van der Waals surface area contributed by atoms with Crippen LogP contribution in [0.25, 0.3) is 0 Å². The Balaban J connectivity index is 0.000000956. The highest BCUT2D eigenvalue weighted by Crippen LogP contribution is 2.26. The van der Waals surface area contributed by atoms with E-state index in [2.05, 4.69) is 4.90 Å². The average molecular weight is 298 g/mol. The maximum Gasteiger partial charge on any atom is 0.305 e. The van der Waals surface area contributed by atoms with E-state index in [4.69, 9.17) is 16.3 Å². The van der Waals surface area contributed by atoms with E-state index >= 15 is 0 Å². The van der Waals surface area contributed by atoms with Crippen molar-refractivity contribution in [1.82, 2.24) is 0 Å². The minimum atomic E-state index is -0.0973. The largest absolute Gasteiger partial charge is 0.469 e. The van der Waals surface area contributed by atoms with Crippen molar-refractivity contribution in [3.8, 4) is 0 Å². The monoisotopic (exact) mass is 297 g/mol. The molecule has 2 rings (SSSR count). The van der Waals surface area contributed by atoms with Gasteiger partial charge in [0.05, 0.1) is 7.11 Å². The van der Waals surface area contributed by atoms with Crippen LogP contribution in [0.2, 0.25) is 5.02 Å². The molecule has 0 radical (unpaired) electrons. The predicted molar refractivity (Wildman–Crippen MR) is 84.4 cm³/mol. The van der Waals surface area contributed by atoms with Crippen LogP contribution in [0.15, 0.2) is 24.3 Å². The van der Waals surface area contributed by atoms with Gasteiger partial charge in [0.1, 0.15) is 0 Å². The SMILES string of the molecule is CC.COC(=O)CC1CCN(c2ccc(Cl)cc2)CC1. The Morgan fingerprint density at radius 1 is 1.25 bits per heavy atom. The highest BCUT2D eigenvalue weighted by molar-refractivity contribution is 6.30. The minimum Gasteiger partial charge on any atom is -0.469 e. The van der Waals surface area contributed by atoms with Crippen LogP contribution < -0.4 is 4.90 Å². The zero-order chi connectivity index (χ0) is 15.0. The van der Waals surface area contributed by atoms with E-state index in [-0.39, 0.29) is 5.97 Å². The summed E-state index contributed by atoms with van der Waals surface area (Å²) >= 11 is 5.88. The number of carbonyl (C=O) groups is 1. The van der Waals surface area contributed by atoms with Crippen molar-refractivity contribution in [2.75, 3.05) is 25.1 Å². The van der Waals surface area contributed by atoms with Gasteiger partial charge >= 0.3 is 5.97 Å². The van der Waals surface area contributed by atoms with Gasteiger partial charge in [-0.1, -0.05) is 25.4 Å². The van der Waals surface area contributed by atoms with Crippen molar-refractivity contribution in [3.05, 3.63) is 29.3 Å². The molecule has 0 N–H and O–H groups in total. The molecule has 20 heavy (non-hydrogen) atoms. The van der Waals surface area contributed by atoms with Crippen molar-refractivity contribution < 1.29 is 9.53 Å². The highest BCUT2D eigenvalue weighted by Gasteiger charge is 2.21. The molecule has 0 aliphatic carbocycles. The van der Waals surface area contributed by atoms with E-state index in [9.17, 15) is 4.79 Å². The third kappa shape index (κ3) is 5.04. The molecular formula is C16H24ClNO2. The molecule has 0 bridgehead atoms. The van der Waals surface area contributed by atoms with Gasteiger partial charge in [0.15, 0.2) is 0 Å². The second-order valence-electron chi connectivity index (χ2n) is 4.69. The molecule has 1 aromatic carbocycles. The number of rotatable bonds is 3. The first-order chi connectivity index (χ1) is 9.69. The maximum atomic E-state index is 11.2. The number of esters is 1. The number of anilines is 1. The number of halogens is 1. The molecule has 3 nitrogen and oxygen atoms in total. The molecule has 1 aliphatic heterocycles. The molecule has 0 unspecified atom stereocenters. The molecule has 1 saturated heterocycles. The predicted octanol–water partition coefficient (Wildman–Crippen LogP) is 4.15. The van der Waals surface area contributed by atoms with Crippen LogP contribution in [0, 0.1) is 5.92 Å². The Morgan fingerprint density at radius 2 is 1.80 bits per heavy atom. The average Bonchev–Trinajstić information content (AvgIpc) is 2.51. The number of nitrogens with zero attached hydrogens (tertiary/aromatic N) is 1. The molecule has 112 valence electrons. The third-order valence-electron chi connectivity index (χ3n) is 3.49. The Labute approximate surface area is 126 Å². The summed E-state index contributed by atoms with van der Waals surface area (Å²) < 4.78 is 4.71. The molecule has 1 fully saturated rings. The van der Waals surface area contributed by atoms with Crippen LogP contribution in [-0.4, -0.2) is 26.2 Å². The fraction of sp³-hybridized carbons (Fsp3) is 0.562. The van der Waals surface area contributed by atoms with E-state index < -0.39 is 0 Å². The molecule has 1 aromatic rings. The summed E-state index contributed by atoms with van der Waals surface area (Å²) in [6.07, 6.45) is 2.63. The van der Waals surface area contributed by atoms with Crippen molar-refractivity contribution in [2.45, 2.75) is 33.1 Å². The number of hydrogen-bond donors (Lipinski definition) is 0. The summed E-state index contributed by atoms with van der Waals surface area (Å²) in [5.74, 6) is 0.362. The summed E-state index contributed by atoms with van der Waals surface area (Å²) in [7, 11) is 1.45. The van der Waals surface area contributed by atoms with E-state index in [0.29, 0.717) is 12.3 Å². The summed E-state index contributed by atoms with van der Waals surface area (Å²) in [5, 5.41) is 0.763. The van der Waals surface area contributed by atoms with Gasteiger partial charge in [-0.25, -0.2) is 0 Å². The van der Waals surface area contributed by atoms with E-state index in [1.807, 2.05) is 38.1 Å². The number of piperidine rings is 1. The van der Waals surface area contributed by atoms with Gasteiger partial charge in [-0.3, -0.25) is 4.79 Å². The first-order valence-electron chi connectivity index (χ1n) is 7.26. The van der Waals surface area contributed by atoms with Crippen LogP contribution in [0.5, 0.6) is 0 Å². The summed E-state index contributed by atoms with van der Waals surface area (Å²) in [6.45, 7) is 5.98. The fourth-order valence-electron chi connectivity index (χ4n) is 2.37. The standard InChI is InChI=1S/C14H18ClNO2.C2H6/c1-18-14(17)10-11-6-8-16(9-7-11)13-4-2-12(15)3-5-13;1-2/h2-5,11H,6-10H2,1H3;1-2H3. The van der Waals surface area contributed by atoms with Gasteiger partial charge < -0.3 is 9.64 Å². The van der Waals surface area contributed by atoms with Gasteiger partial charge in [-0.05, 0) is 43.0 Å². The van der Waals surface area contributed by atoms with Crippen molar-refractivity contribution in [1.29, 1.82) is 0 Å². The number of hydrogen-bond acceptors (Lipinski definition) is 3. The summed E-state index contributed by atoms with van der Waals surface area (Å²) in [4.78, 5) is 13.6. The van der Waals surface area contributed by atoms with Crippen molar-refractivity contribution in [2.24, 2.45) is 5.92 Å². The number of methoxy groups -OCH3 is 1. The number of ether oxygens (including phenoxy) is 1. The fourth-order valence-corrected chi connectivity index (χ4v) is 2.49. The first kappa shape index (κ1) is 16.8. The van der Waals surface area contributed by atoms with Crippen LogP contribution in [0.1, 0.15) is 33.1 Å². The van der Waals surface area contributed by atoms with Crippen LogP contribution in [0.3, 0.4) is 0 Å². The summed E-state index contributed by atoms with van der Waals surface area (Å²) in [6, 6.07) is 7.92. The quantitative estimate of drug-likeness (QED) is 0.785. The van der Waals surface area contributed by atoms with Gasteiger partial charge in [-0.15, -0.1) is 0 Å². The Bertz CT molecular complexity index is 397. The molecule has 1 heterocycles. The second-order valence-corrected chi connectivity index (χ2v) is 5.12. The molecule has 0 atom stereocenters. The first-order valence-corrected chi connectivity index (χ1v) is 7.64. The van der Waals surface area contributed by atoms with E-state index in [0.717, 1.165) is 31.0 Å². The lowest BCUT2D eigenvalue weighted by Crippen LogP contribution is -2.34. The zero-order valence-corrected chi connectivity index (χ0v) is 13.3. The van der Waals surface area contributed by atoms with Gasteiger partial charge in [-0.2, -0.15) is 0 Å². The van der Waals surface area contributed by atoms with Gasteiger partial charge in [0.2, 0.25) is 0 Å². The normalized spacial score (nSPS) is 15.3. The maximum absolute atomic E-state index is 11.2. The van der Waals surface area contributed by atoms with E-state index in [1.54, 1.807) is 0 Å². The van der Waals surface area contributed by atoms with Crippen molar-refractivity contribution >= 4 is 23.3 Å². The van der Waals surface area contributed by atoms with Gasteiger partial charge in [0, 0.05) is 30.2 Å². The third-order valence-corrected chi connectivity index (χ3v) is 3.74. The molecule has 4 heteroatoms. The smallest absolute Gasteiger partial charge is 0.305 e. The minimum absolute atomic E-state index is 0.0973. The number of benzene rings is 1. The molecular weight excluding hydrogens is 274 g/mol. The lowest BCUT2D eigenvalue weighted by Gasteiger charge is -2.33. The topological polar surface area (TPSA) is 29.5 Å². The lowest BCUT2D eigenvalue weighted by atomic mass is 9.93. The van der Waals surface area contributed by atoms with Crippen LogP contribution in [0.4, 0.5) is 5.69 Å². The highest BCUT2D eigenvalue weighted by atomic mass is 35.5. The van der Waals surface area contributed by atoms with Crippen LogP contribution in [-0.2, 0) is 9.53 Å². The molecule has 0 spiro atoms. The molecule has 1 aliphatic rings. The number of carbonyl (C=O) groups excluding carboxylic acids is 1. The Hall–Kier alpha value is -1.22. The van der Waals surface area contributed by atoms with Crippen molar-refractivity contribution in [3.63, 3.8) is 0 Å². The molecule has 0 saturated carbocycles. The molecule has 0 aromatic heterocycles. The van der Waals surface area contributed by atoms with Crippen LogP contribution >= 0.6 is 11.6 Å². The zero-order valence-electron chi connectivity index (χ0n) is 12.6. The Morgan fingerprint density at radius 3 is 2.30 bits per heavy atom. The Kier molecular flexibility index (Phi) is 7.45. The molecule has 0 amide bonds. The summed E-state index contributed by atoms with van der Waals surface area (Å²) in [5.41, 5.74) is 1.20. The second kappa shape index (κ2) is 8.85. The van der Waals surface area contributed by atoms with E-state index in [1.165, 1.54) is 12.8 Å². The van der Waals surface area contributed by atoms with Gasteiger partial charge in [0.25, 0.3) is 0 Å². The lowest BCUT2D eigenvalue weighted by molar-refractivity contribution is -0.141.